The van der Waals surface area contributed by atoms with Gasteiger partial charge >= 0.3 is 5.97 Å². The Labute approximate surface area is 158 Å². The molecule has 3 aromatic rings. The first-order valence-electron chi connectivity index (χ1n) is 8.83. The Morgan fingerprint density at radius 3 is 2.52 bits per heavy atom. The van der Waals surface area contributed by atoms with Crippen LogP contribution < -0.4 is 10.6 Å². The van der Waals surface area contributed by atoms with Gasteiger partial charge in [-0.2, -0.15) is 0 Å². The lowest BCUT2D eigenvalue weighted by Crippen LogP contribution is -2.06. The Balaban J connectivity index is 1.93. The van der Waals surface area contributed by atoms with E-state index in [1.54, 1.807) is 18.2 Å². The molecule has 0 bridgehead atoms. The molecule has 0 aliphatic rings. The fourth-order valence-electron chi connectivity index (χ4n) is 2.56. The first kappa shape index (κ1) is 18.4. The van der Waals surface area contributed by atoms with Crippen LogP contribution in [0.3, 0.4) is 0 Å². The third kappa shape index (κ3) is 4.82. The highest BCUT2D eigenvalue weighted by Gasteiger charge is 2.09. The Bertz CT molecular complexity index is 913. The zero-order valence-electron chi connectivity index (χ0n) is 15.4. The van der Waals surface area contributed by atoms with E-state index < -0.39 is 0 Å². The molecule has 138 valence electrons. The van der Waals surface area contributed by atoms with Crippen LogP contribution in [0, 0.1) is 0 Å². The normalized spacial score (nSPS) is 10.3. The Hall–Kier alpha value is -3.41. The van der Waals surface area contributed by atoms with E-state index in [0.717, 1.165) is 30.0 Å². The molecule has 0 saturated carbocycles. The second-order valence-electron chi connectivity index (χ2n) is 5.95. The van der Waals surface area contributed by atoms with Gasteiger partial charge in [-0.25, -0.2) is 14.8 Å². The summed E-state index contributed by atoms with van der Waals surface area (Å²) in [5.74, 6) is 1.64. The second-order valence-corrected chi connectivity index (χ2v) is 5.95. The highest BCUT2D eigenvalue weighted by atomic mass is 16.5. The minimum atomic E-state index is -0.378. The Kier molecular flexibility index (Phi) is 5.99. The number of carbonyl (C=O) groups excluding carboxylic acids is 1. The maximum Gasteiger partial charge on any atom is 0.337 e. The van der Waals surface area contributed by atoms with Crippen LogP contribution >= 0.6 is 0 Å². The lowest BCUT2D eigenvalue weighted by atomic mass is 10.2. The molecule has 0 amide bonds. The van der Waals surface area contributed by atoms with Gasteiger partial charge < -0.3 is 15.4 Å². The standard InChI is InChI=1S/C21H22N4O2/c1-3-12-22-18-14-19(25-20(24-18)15-8-5-4-6-9-15)23-17-11-7-10-16(13-17)21(26)27-2/h4-11,13-14H,3,12H2,1-2H3,(H2,22,23,24,25). The summed E-state index contributed by atoms with van der Waals surface area (Å²) in [5, 5.41) is 6.56. The number of methoxy groups -OCH3 is 1. The van der Waals surface area contributed by atoms with E-state index in [9.17, 15) is 4.79 Å². The molecule has 0 spiro atoms. The molecule has 0 aliphatic heterocycles. The van der Waals surface area contributed by atoms with E-state index in [-0.39, 0.29) is 5.97 Å². The maximum atomic E-state index is 11.7. The van der Waals surface area contributed by atoms with Crippen molar-refractivity contribution in [2.24, 2.45) is 0 Å². The zero-order valence-corrected chi connectivity index (χ0v) is 15.4. The van der Waals surface area contributed by atoms with Crippen LogP contribution in [0.1, 0.15) is 23.7 Å². The molecule has 2 N–H and O–H groups in total. The minimum absolute atomic E-state index is 0.378. The summed E-state index contributed by atoms with van der Waals surface area (Å²) in [7, 11) is 1.37. The largest absolute Gasteiger partial charge is 0.465 e. The summed E-state index contributed by atoms with van der Waals surface area (Å²) in [6.07, 6.45) is 0.995. The number of anilines is 3. The van der Waals surface area contributed by atoms with Gasteiger partial charge in [0.1, 0.15) is 11.6 Å². The highest BCUT2D eigenvalue weighted by Crippen LogP contribution is 2.23. The van der Waals surface area contributed by atoms with Crippen molar-refractivity contribution in [2.45, 2.75) is 13.3 Å². The molecule has 0 atom stereocenters. The van der Waals surface area contributed by atoms with Crippen LogP contribution in [0.25, 0.3) is 11.4 Å². The number of nitrogens with one attached hydrogen (secondary N) is 2. The molecule has 0 fully saturated rings. The number of hydrogen-bond donors (Lipinski definition) is 2. The molecule has 0 radical (unpaired) electrons. The van der Waals surface area contributed by atoms with Gasteiger partial charge in [0, 0.05) is 23.9 Å². The van der Waals surface area contributed by atoms with E-state index in [2.05, 4.69) is 27.5 Å². The van der Waals surface area contributed by atoms with Gasteiger partial charge in [0.2, 0.25) is 0 Å². The zero-order chi connectivity index (χ0) is 19.1. The SMILES string of the molecule is CCCNc1cc(Nc2cccc(C(=O)OC)c2)nc(-c2ccccc2)n1. The van der Waals surface area contributed by atoms with Crippen LogP contribution in [-0.4, -0.2) is 29.6 Å². The Morgan fingerprint density at radius 1 is 1.00 bits per heavy atom. The van der Waals surface area contributed by atoms with Crippen molar-refractivity contribution in [1.82, 2.24) is 9.97 Å². The number of esters is 1. The lowest BCUT2D eigenvalue weighted by Gasteiger charge is -2.12. The first-order valence-corrected chi connectivity index (χ1v) is 8.83. The minimum Gasteiger partial charge on any atom is -0.465 e. The quantitative estimate of drug-likeness (QED) is 0.603. The maximum absolute atomic E-state index is 11.7. The molecule has 0 unspecified atom stereocenters. The van der Waals surface area contributed by atoms with E-state index in [1.165, 1.54) is 7.11 Å². The van der Waals surface area contributed by atoms with Crippen LogP contribution in [0.15, 0.2) is 60.7 Å². The van der Waals surface area contributed by atoms with Crippen molar-refractivity contribution < 1.29 is 9.53 Å². The molecular formula is C21H22N4O2. The fraction of sp³-hybridized carbons (Fsp3) is 0.190. The molecular weight excluding hydrogens is 340 g/mol. The van der Waals surface area contributed by atoms with Gasteiger partial charge in [0.25, 0.3) is 0 Å². The summed E-state index contributed by atoms with van der Waals surface area (Å²) < 4.78 is 4.78. The molecule has 0 saturated heterocycles. The van der Waals surface area contributed by atoms with Gasteiger partial charge in [-0.3, -0.25) is 0 Å². The number of aromatic nitrogens is 2. The molecule has 6 heteroatoms. The van der Waals surface area contributed by atoms with Gasteiger partial charge in [0.05, 0.1) is 12.7 Å². The third-order valence-electron chi connectivity index (χ3n) is 3.87. The molecule has 1 aromatic heterocycles. The van der Waals surface area contributed by atoms with Crippen LogP contribution in [0.5, 0.6) is 0 Å². The second kappa shape index (κ2) is 8.80. The van der Waals surface area contributed by atoms with E-state index in [4.69, 9.17) is 4.74 Å². The molecule has 6 nitrogen and oxygen atoms in total. The summed E-state index contributed by atoms with van der Waals surface area (Å²) in [6.45, 7) is 2.92. The summed E-state index contributed by atoms with van der Waals surface area (Å²) in [5.41, 5.74) is 2.16. The smallest absolute Gasteiger partial charge is 0.337 e. The average Bonchev–Trinajstić information content (AvgIpc) is 2.72. The number of hydrogen-bond acceptors (Lipinski definition) is 6. The van der Waals surface area contributed by atoms with Crippen molar-refractivity contribution >= 4 is 23.3 Å². The molecule has 27 heavy (non-hydrogen) atoms. The monoisotopic (exact) mass is 362 g/mol. The van der Waals surface area contributed by atoms with Gasteiger partial charge in [-0.15, -0.1) is 0 Å². The van der Waals surface area contributed by atoms with Crippen molar-refractivity contribution in [3.05, 3.63) is 66.2 Å². The third-order valence-corrected chi connectivity index (χ3v) is 3.87. The van der Waals surface area contributed by atoms with Gasteiger partial charge in [-0.1, -0.05) is 43.3 Å². The molecule has 3 rings (SSSR count). The summed E-state index contributed by atoms with van der Waals surface area (Å²) in [6, 6.07) is 18.8. The van der Waals surface area contributed by atoms with Crippen molar-refractivity contribution in [3.63, 3.8) is 0 Å². The average molecular weight is 362 g/mol. The van der Waals surface area contributed by atoms with Crippen LogP contribution in [-0.2, 0) is 4.74 Å². The molecule has 2 aromatic carbocycles. The van der Waals surface area contributed by atoms with E-state index >= 15 is 0 Å². The predicted molar refractivity (Wildman–Crippen MR) is 107 cm³/mol. The first-order chi connectivity index (χ1) is 13.2. The highest BCUT2D eigenvalue weighted by molar-refractivity contribution is 5.90. The lowest BCUT2D eigenvalue weighted by molar-refractivity contribution is 0.0601. The number of carbonyl (C=O) groups is 1. The van der Waals surface area contributed by atoms with E-state index in [1.807, 2.05) is 42.5 Å². The van der Waals surface area contributed by atoms with Crippen LogP contribution in [0.4, 0.5) is 17.3 Å². The number of nitrogens with zero attached hydrogens (tertiary/aromatic N) is 2. The van der Waals surface area contributed by atoms with Crippen molar-refractivity contribution in [1.29, 1.82) is 0 Å². The van der Waals surface area contributed by atoms with Crippen molar-refractivity contribution in [2.75, 3.05) is 24.3 Å². The van der Waals surface area contributed by atoms with Gasteiger partial charge in [0.15, 0.2) is 5.82 Å². The number of rotatable bonds is 7. The topological polar surface area (TPSA) is 76.1 Å². The molecule has 0 aliphatic carbocycles. The fourth-order valence-corrected chi connectivity index (χ4v) is 2.56. The molecule has 1 heterocycles. The number of benzene rings is 2. The van der Waals surface area contributed by atoms with E-state index in [0.29, 0.717) is 17.2 Å². The summed E-state index contributed by atoms with van der Waals surface area (Å²) in [4.78, 5) is 21.0. The van der Waals surface area contributed by atoms with Crippen LogP contribution in [0.2, 0.25) is 0 Å². The Morgan fingerprint density at radius 2 is 1.78 bits per heavy atom. The predicted octanol–water partition coefficient (Wildman–Crippen LogP) is 4.50. The van der Waals surface area contributed by atoms with Gasteiger partial charge in [-0.05, 0) is 24.6 Å². The van der Waals surface area contributed by atoms with Crippen molar-refractivity contribution in [3.8, 4) is 11.4 Å². The number of ether oxygens (including phenoxy) is 1. The summed E-state index contributed by atoms with van der Waals surface area (Å²) >= 11 is 0.